The van der Waals surface area contributed by atoms with E-state index in [9.17, 15) is 9.59 Å². The number of hydrogen-bond donors (Lipinski definition) is 0. The molecular formula is C33H36N2O3S. The van der Waals surface area contributed by atoms with Crippen molar-refractivity contribution in [2.24, 2.45) is 5.92 Å². The van der Waals surface area contributed by atoms with Gasteiger partial charge in [-0.2, -0.15) is 11.3 Å². The zero-order valence-corrected chi connectivity index (χ0v) is 23.3. The van der Waals surface area contributed by atoms with Gasteiger partial charge in [-0.3, -0.25) is 4.79 Å². The van der Waals surface area contributed by atoms with Crippen LogP contribution in [0, 0.1) is 5.92 Å². The molecule has 0 aliphatic carbocycles. The maximum Gasteiger partial charge on any atom is 0.338 e. The molecule has 0 unspecified atom stereocenters. The largest absolute Gasteiger partial charge is 0.465 e. The van der Waals surface area contributed by atoms with Gasteiger partial charge in [-0.15, -0.1) is 0 Å². The van der Waals surface area contributed by atoms with Gasteiger partial charge in [0.15, 0.2) is 0 Å². The molecule has 2 fully saturated rings. The molecule has 1 amide bonds. The Morgan fingerprint density at radius 2 is 1.51 bits per heavy atom. The summed E-state index contributed by atoms with van der Waals surface area (Å²) in [5.41, 5.74) is 2.62. The molecule has 3 heterocycles. The van der Waals surface area contributed by atoms with E-state index in [0.29, 0.717) is 17.4 Å². The molecule has 39 heavy (non-hydrogen) atoms. The number of methoxy groups -OCH3 is 1. The smallest absolute Gasteiger partial charge is 0.338 e. The second-order valence-electron chi connectivity index (χ2n) is 10.4. The van der Waals surface area contributed by atoms with Gasteiger partial charge >= 0.3 is 5.97 Å². The fraction of sp³-hybridized carbons (Fsp3) is 0.333. The molecule has 4 aromatic rings. The van der Waals surface area contributed by atoms with Crippen LogP contribution in [0.2, 0.25) is 0 Å². The van der Waals surface area contributed by atoms with Gasteiger partial charge in [0, 0.05) is 25.2 Å². The summed E-state index contributed by atoms with van der Waals surface area (Å²) >= 11 is 1.71. The van der Waals surface area contributed by atoms with Crippen molar-refractivity contribution in [1.82, 2.24) is 9.80 Å². The van der Waals surface area contributed by atoms with Crippen LogP contribution in [0.25, 0.3) is 10.8 Å². The highest BCUT2D eigenvalue weighted by Gasteiger charge is 2.31. The molecule has 1 aromatic heterocycles. The number of fused-ring (bicyclic) bond motifs is 1. The summed E-state index contributed by atoms with van der Waals surface area (Å²) in [7, 11) is 1.44. The van der Waals surface area contributed by atoms with Gasteiger partial charge in [0.2, 0.25) is 0 Å². The molecule has 6 rings (SSSR count). The minimum Gasteiger partial charge on any atom is -0.465 e. The van der Waals surface area contributed by atoms with Crippen LogP contribution in [0.5, 0.6) is 0 Å². The van der Waals surface area contributed by atoms with E-state index in [-0.39, 0.29) is 11.9 Å². The highest BCUT2D eigenvalue weighted by atomic mass is 32.1. The molecule has 0 saturated carbocycles. The number of benzene rings is 3. The molecule has 2 saturated heterocycles. The highest BCUT2D eigenvalue weighted by Crippen LogP contribution is 2.32. The van der Waals surface area contributed by atoms with Crippen molar-refractivity contribution in [3.63, 3.8) is 0 Å². The normalized spacial score (nSPS) is 18.0. The monoisotopic (exact) mass is 540 g/mol. The Kier molecular flexibility index (Phi) is 9.07. The van der Waals surface area contributed by atoms with Crippen LogP contribution in [0.3, 0.4) is 0 Å². The maximum absolute atomic E-state index is 13.3. The Morgan fingerprint density at radius 3 is 2.26 bits per heavy atom. The predicted octanol–water partition coefficient (Wildman–Crippen LogP) is 6.72. The minimum absolute atomic E-state index is 0.150. The van der Waals surface area contributed by atoms with Crippen LogP contribution < -0.4 is 0 Å². The van der Waals surface area contributed by atoms with E-state index in [4.69, 9.17) is 4.74 Å². The number of rotatable bonds is 5. The SMILES string of the molecule is COC(=O)c1ccccc1C1CCN(C[C@H]2CCN(C(=O)c3cccc4ccccc34)C2)CC1.c1ccsc1. The average Bonchev–Trinajstić information content (AvgIpc) is 3.73. The topological polar surface area (TPSA) is 49.9 Å². The number of esters is 1. The number of amides is 1. The van der Waals surface area contributed by atoms with Crippen molar-refractivity contribution < 1.29 is 14.3 Å². The third-order valence-corrected chi connectivity index (χ3v) is 8.56. The van der Waals surface area contributed by atoms with Crippen molar-refractivity contribution in [1.29, 1.82) is 0 Å². The van der Waals surface area contributed by atoms with Crippen molar-refractivity contribution in [2.75, 3.05) is 39.8 Å². The van der Waals surface area contributed by atoms with Crippen LogP contribution in [-0.4, -0.2) is 61.5 Å². The minimum atomic E-state index is -0.250. The standard InChI is InChI=1S/C29H32N2O3.C4H4S/c1-34-29(33)27-11-5-4-10-25(27)23-14-16-30(17-15-23)19-21-13-18-31(20-21)28(32)26-12-6-8-22-7-2-3-9-24(22)26;1-2-4-5-3-1/h2-12,21,23H,13-20H2,1H3;1-4H/t21-;/m1./s1. The van der Waals surface area contributed by atoms with E-state index in [0.717, 1.165) is 73.9 Å². The van der Waals surface area contributed by atoms with Gasteiger partial charge in [0.1, 0.15) is 0 Å². The van der Waals surface area contributed by atoms with Gasteiger partial charge in [0.05, 0.1) is 12.7 Å². The Labute approximate surface area is 235 Å². The number of carbonyl (C=O) groups excluding carboxylic acids is 2. The van der Waals surface area contributed by atoms with Gasteiger partial charge in [-0.25, -0.2) is 4.79 Å². The summed E-state index contributed by atoms with van der Waals surface area (Å²) in [6.45, 7) is 4.73. The number of piperidine rings is 1. The molecule has 0 N–H and O–H groups in total. The number of carbonyl (C=O) groups is 2. The molecule has 0 bridgehead atoms. The lowest BCUT2D eigenvalue weighted by Gasteiger charge is -2.34. The third-order valence-electron chi connectivity index (χ3n) is 7.93. The van der Waals surface area contributed by atoms with Gasteiger partial charge < -0.3 is 14.5 Å². The number of likely N-dealkylation sites (tertiary alicyclic amines) is 2. The average molecular weight is 541 g/mol. The number of nitrogens with zero attached hydrogens (tertiary/aromatic N) is 2. The van der Waals surface area contributed by atoms with Crippen LogP contribution >= 0.6 is 11.3 Å². The summed E-state index contributed by atoms with van der Waals surface area (Å²) in [4.78, 5) is 30.0. The first-order valence-corrected chi connectivity index (χ1v) is 14.7. The molecule has 3 aromatic carbocycles. The van der Waals surface area contributed by atoms with Crippen molar-refractivity contribution in [3.8, 4) is 0 Å². The summed E-state index contributed by atoms with van der Waals surface area (Å²) in [5, 5.41) is 6.23. The lowest BCUT2D eigenvalue weighted by molar-refractivity contribution is 0.0597. The lowest BCUT2D eigenvalue weighted by Crippen LogP contribution is -2.38. The zero-order valence-electron chi connectivity index (χ0n) is 22.5. The van der Waals surface area contributed by atoms with Crippen molar-refractivity contribution >= 4 is 34.0 Å². The molecule has 2 aliphatic rings. The van der Waals surface area contributed by atoms with Crippen LogP contribution in [0.1, 0.15) is 51.5 Å². The molecular weight excluding hydrogens is 504 g/mol. The number of ether oxygens (including phenoxy) is 1. The molecule has 5 nitrogen and oxygen atoms in total. The van der Waals surface area contributed by atoms with Crippen molar-refractivity contribution in [3.05, 3.63) is 106 Å². The second kappa shape index (κ2) is 13.0. The Bertz CT molecular complexity index is 1360. The summed E-state index contributed by atoms with van der Waals surface area (Å²) < 4.78 is 4.98. The predicted molar refractivity (Wildman–Crippen MR) is 158 cm³/mol. The quantitative estimate of drug-likeness (QED) is 0.264. The van der Waals surface area contributed by atoms with Crippen LogP contribution in [0.15, 0.2) is 89.6 Å². The summed E-state index contributed by atoms with van der Waals surface area (Å²) in [5.74, 6) is 0.801. The fourth-order valence-electron chi connectivity index (χ4n) is 5.92. The Morgan fingerprint density at radius 1 is 0.821 bits per heavy atom. The summed E-state index contributed by atoms with van der Waals surface area (Å²) in [6, 6.07) is 26.0. The lowest BCUT2D eigenvalue weighted by atomic mass is 9.86. The van der Waals surface area contributed by atoms with E-state index in [1.54, 1.807) is 11.3 Å². The first-order valence-electron chi connectivity index (χ1n) is 13.8. The van der Waals surface area contributed by atoms with E-state index >= 15 is 0 Å². The van der Waals surface area contributed by atoms with E-state index in [2.05, 4.69) is 23.1 Å². The molecule has 1 atom stereocenters. The number of hydrogen-bond acceptors (Lipinski definition) is 5. The van der Waals surface area contributed by atoms with Crippen molar-refractivity contribution in [2.45, 2.75) is 25.2 Å². The third kappa shape index (κ3) is 6.57. The first-order chi connectivity index (χ1) is 19.1. The Hall–Kier alpha value is -3.48. The van der Waals surface area contributed by atoms with E-state index < -0.39 is 0 Å². The highest BCUT2D eigenvalue weighted by molar-refractivity contribution is 7.07. The van der Waals surface area contributed by atoms with Gasteiger partial charge in [0.25, 0.3) is 5.91 Å². The van der Waals surface area contributed by atoms with Gasteiger partial charge in [-0.05, 0) is 83.4 Å². The molecule has 0 spiro atoms. The van der Waals surface area contributed by atoms with Gasteiger partial charge in [-0.1, -0.05) is 66.7 Å². The second-order valence-corrected chi connectivity index (χ2v) is 11.2. The first kappa shape index (κ1) is 27.1. The van der Waals surface area contributed by atoms with Crippen LogP contribution in [0.4, 0.5) is 0 Å². The zero-order chi connectivity index (χ0) is 27.0. The molecule has 0 radical (unpaired) electrons. The fourth-order valence-corrected chi connectivity index (χ4v) is 6.37. The maximum atomic E-state index is 13.3. The summed E-state index contributed by atoms with van der Waals surface area (Å²) in [6.07, 6.45) is 3.14. The van der Waals surface area contributed by atoms with Crippen LogP contribution in [-0.2, 0) is 4.74 Å². The molecule has 202 valence electrons. The van der Waals surface area contributed by atoms with E-state index in [1.165, 1.54) is 7.11 Å². The Balaban J connectivity index is 0.000000555. The van der Waals surface area contributed by atoms with E-state index in [1.807, 2.05) is 76.3 Å². The molecule has 6 heteroatoms. The molecule has 2 aliphatic heterocycles. The number of thiophene rings is 1.